The Kier molecular flexibility index (Phi) is 4.52. The molecule has 1 heterocycles. The predicted molar refractivity (Wildman–Crippen MR) is 117 cm³/mol. The largest absolute Gasteiger partial charge is 0.364 e. The highest BCUT2D eigenvalue weighted by molar-refractivity contribution is 5.93. The van der Waals surface area contributed by atoms with Gasteiger partial charge in [0.2, 0.25) is 5.91 Å². The molecule has 0 radical (unpaired) electrons. The molecule has 1 aliphatic heterocycles. The summed E-state index contributed by atoms with van der Waals surface area (Å²) >= 11 is 0. The van der Waals surface area contributed by atoms with E-state index in [4.69, 9.17) is 0 Å². The molecule has 1 N–H and O–H groups in total. The second-order valence-electron chi connectivity index (χ2n) is 9.97. The molecule has 3 heteroatoms. The van der Waals surface area contributed by atoms with Crippen molar-refractivity contribution in [3.05, 3.63) is 58.1 Å². The summed E-state index contributed by atoms with van der Waals surface area (Å²) in [6.45, 7) is 13.8. The van der Waals surface area contributed by atoms with Gasteiger partial charge < -0.3 is 10.2 Å². The Balaban J connectivity index is 1.58. The number of nitrogens with one attached hydrogen (secondary N) is 1. The second kappa shape index (κ2) is 6.65. The number of carbonyl (C=O) groups is 1. The van der Waals surface area contributed by atoms with Gasteiger partial charge in [-0.3, -0.25) is 4.79 Å². The number of nitrogens with zero attached hydrogens (tertiary/aromatic N) is 1. The number of hydrogen-bond acceptors (Lipinski definition) is 2. The molecule has 28 heavy (non-hydrogen) atoms. The summed E-state index contributed by atoms with van der Waals surface area (Å²) in [4.78, 5) is 15.0. The van der Waals surface area contributed by atoms with Crippen LogP contribution in [0.25, 0.3) is 0 Å². The molecule has 2 aromatic carbocycles. The number of anilines is 2. The summed E-state index contributed by atoms with van der Waals surface area (Å²) in [6, 6.07) is 11.9. The van der Waals surface area contributed by atoms with Crippen LogP contribution in [0.2, 0.25) is 0 Å². The van der Waals surface area contributed by atoms with Crippen LogP contribution < -0.4 is 10.2 Å². The van der Waals surface area contributed by atoms with Crippen molar-refractivity contribution in [2.24, 2.45) is 5.41 Å². The second-order valence-corrected chi connectivity index (χ2v) is 9.97. The van der Waals surface area contributed by atoms with Gasteiger partial charge in [0, 0.05) is 30.3 Å². The predicted octanol–water partition coefficient (Wildman–Crippen LogP) is 6.04. The van der Waals surface area contributed by atoms with Gasteiger partial charge in [-0.2, -0.15) is 0 Å². The van der Waals surface area contributed by atoms with E-state index in [0.717, 1.165) is 23.4 Å². The maximum Gasteiger partial charge on any atom is 0.224 e. The quantitative estimate of drug-likeness (QED) is 0.709. The van der Waals surface area contributed by atoms with Crippen molar-refractivity contribution in [3.63, 3.8) is 0 Å². The van der Waals surface area contributed by atoms with Crippen LogP contribution in [0.3, 0.4) is 0 Å². The molecular weight excluding hydrogens is 344 g/mol. The Morgan fingerprint density at radius 3 is 2.39 bits per heavy atom. The summed E-state index contributed by atoms with van der Waals surface area (Å²) in [5.74, 6) is 0.739. The van der Waals surface area contributed by atoms with Crippen LogP contribution in [0.5, 0.6) is 0 Å². The van der Waals surface area contributed by atoms with Crippen molar-refractivity contribution in [2.45, 2.75) is 66.3 Å². The molecule has 2 bridgehead atoms. The Labute approximate surface area is 169 Å². The van der Waals surface area contributed by atoms with E-state index in [1.807, 2.05) is 0 Å². The first-order chi connectivity index (χ1) is 13.1. The third kappa shape index (κ3) is 3.43. The fraction of sp³-hybridized carbons (Fsp3) is 0.480. The summed E-state index contributed by atoms with van der Waals surface area (Å²) < 4.78 is 0. The average Bonchev–Trinajstić information content (AvgIpc) is 3.15. The van der Waals surface area contributed by atoms with Crippen molar-refractivity contribution in [1.29, 1.82) is 0 Å². The molecular formula is C25H32N2O. The maximum atomic E-state index is 12.4. The summed E-state index contributed by atoms with van der Waals surface area (Å²) in [6.07, 6.45) is 1.75. The van der Waals surface area contributed by atoms with E-state index >= 15 is 0 Å². The van der Waals surface area contributed by atoms with Crippen LogP contribution in [0, 0.1) is 26.2 Å². The maximum absolute atomic E-state index is 12.4. The molecule has 1 aliphatic carbocycles. The van der Waals surface area contributed by atoms with E-state index in [-0.39, 0.29) is 11.3 Å². The standard InChI is InChI=1S/C25H32N2O/c1-15-7-8-20-21(9-15)18-12-22(20)27(14-18)19-10-16(2)24(17(3)11-19)26-23(28)13-25(4,5)6/h7-11,18,22H,12-14H2,1-6H3,(H,26,28). The van der Waals surface area contributed by atoms with Gasteiger partial charge in [0.05, 0.1) is 6.04 Å². The lowest BCUT2D eigenvalue weighted by atomic mass is 9.92. The third-order valence-electron chi connectivity index (χ3n) is 6.15. The Hall–Kier alpha value is -2.29. The Bertz CT molecular complexity index is 915. The molecule has 2 unspecified atom stereocenters. The Morgan fingerprint density at radius 2 is 1.75 bits per heavy atom. The van der Waals surface area contributed by atoms with Gasteiger partial charge >= 0.3 is 0 Å². The molecule has 1 saturated heterocycles. The summed E-state index contributed by atoms with van der Waals surface area (Å²) in [7, 11) is 0. The van der Waals surface area contributed by atoms with Gasteiger partial charge in [0.15, 0.2) is 0 Å². The van der Waals surface area contributed by atoms with Gasteiger partial charge in [-0.1, -0.05) is 44.5 Å². The van der Waals surface area contributed by atoms with E-state index in [2.05, 4.69) is 82.1 Å². The molecule has 4 rings (SSSR count). The normalized spacial score (nSPS) is 20.4. The van der Waals surface area contributed by atoms with Gasteiger partial charge in [0.25, 0.3) is 0 Å². The van der Waals surface area contributed by atoms with Crippen molar-refractivity contribution in [1.82, 2.24) is 0 Å². The Morgan fingerprint density at radius 1 is 1.07 bits per heavy atom. The van der Waals surface area contributed by atoms with Crippen molar-refractivity contribution in [2.75, 3.05) is 16.8 Å². The first-order valence-corrected chi connectivity index (χ1v) is 10.4. The third-order valence-corrected chi connectivity index (χ3v) is 6.15. The molecule has 0 aromatic heterocycles. The number of benzene rings is 2. The SMILES string of the molecule is Cc1ccc2c(c1)C1CC2N(c2cc(C)c(NC(=O)CC(C)(C)C)c(C)c2)C1. The lowest BCUT2D eigenvalue weighted by molar-refractivity contribution is -0.117. The number of carbonyl (C=O) groups excluding carboxylic acids is 1. The molecule has 2 atom stereocenters. The summed E-state index contributed by atoms with van der Waals surface area (Å²) in [5.41, 5.74) is 8.95. The fourth-order valence-electron chi connectivity index (χ4n) is 4.96. The van der Waals surface area contributed by atoms with Crippen LogP contribution in [0.15, 0.2) is 30.3 Å². The van der Waals surface area contributed by atoms with Crippen molar-refractivity contribution in [3.8, 4) is 0 Å². The zero-order valence-corrected chi connectivity index (χ0v) is 18.0. The van der Waals surface area contributed by atoms with E-state index in [1.54, 1.807) is 5.56 Å². The van der Waals surface area contributed by atoms with Crippen LogP contribution in [-0.4, -0.2) is 12.5 Å². The van der Waals surface area contributed by atoms with Crippen LogP contribution in [-0.2, 0) is 4.79 Å². The van der Waals surface area contributed by atoms with E-state index < -0.39 is 0 Å². The van der Waals surface area contributed by atoms with Gasteiger partial charge in [-0.05, 0) is 67.0 Å². The van der Waals surface area contributed by atoms with E-state index in [9.17, 15) is 4.79 Å². The minimum Gasteiger partial charge on any atom is -0.364 e. The summed E-state index contributed by atoms with van der Waals surface area (Å²) in [5, 5.41) is 3.15. The minimum absolute atomic E-state index is 0.00757. The molecule has 2 aromatic rings. The lowest BCUT2D eigenvalue weighted by Gasteiger charge is -2.32. The first kappa shape index (κ1) is 19.0. The number of amides is 1. The number of aryl methyl sites for hydroxylation is 3. The van der Waals surface area contributed by atoms with Crippen molar-refractivity contribution < 1.29 is 4.79 Å². The van der Waals surface area contributed by atoms with Gasteiger partial charge in [0.1, 0.15) is 0 Å². The highest BCUT2D eigenvalue weighted by Crippen LogP contribution is 2.52. The molecule has 1 fully saturated rings. The first-order valence-electron chi connectivity index (χ1n) is 10.4. The number of rotatable bonds is 3. The molecule has 148 valence electrons. The van der Waals surface area contributed by atoms with E-state index in [1.165, 1.54) is 23.2 Å². The zero-order valence-electron chi connectivity index (χ0n) is 18.0. The highest BCUT2D eigenvalue weighted by atomic mass is 16.1. The monoisotopic (exact) mass is 376 g/mol. The molecule has 3 nitrogen and oxygen atoms in total. The van der Waals surface area contributed by atoms with E-state index in [0.29, 0.717) is 18.4 Å². The van der Waals surface area contributed by atoms with Gasteiger partial charge in [-0.25, -0.2) is 0 Å². The molecule has 2 aliphatic rings. The van der Waals surface area contributed by atoms with Crippen molar-refractivity contribution >= 4 is 17.3 Å². The average molecular weight is 377 g/mol. The van der Waals surface area contributed by atoms with Crippen LogP contribution in [0.4, 0.5) is 11.4 Å². The minimum atomic E-state index is -0.00757. The van der Waals surface area contributed by atoms with Crippen LogP contribution in [0.1, 0.15) is 73.4 Å². The smallest absolute Gasteiger partial charge is 0.224 e. The molecule has 0 saturated carbocycles. The lowest BCUT2D eigenvalue weighted by Crippen LogP contribution is -2.27. The zero-order chi connectivity index (χ0) is 20.2. The number of fused-ring (bicyclic) bond motifs is 5. The van der Waals surface area contributed by atoms with Gasteiger partial charge in [-0.15, -0.1) is 0 Å². The molecule has 0 spiro atoms. The highest BCUT2D eigenvalue weighted by Gasteiger charge is 2.42. The number of hydrogen-bond donors (Lipinski definition) is 1. The molecule has 1 amide bonds. The topological polar surface area (TPSA) is 32.3 Å². The van der Waals surface area contributed by atoms with Crippen LogP contribution >= 0.6 is 0 Å². The fourth-order valence-corrected chi connectivity index (χ4v) is 4.96.